The summed E-state index contributed by atoms with van der Waals surface area (Å²) >= 11 is 1.47. The van der Waals surface area contributed by atoms with Crippen LogP contribution in [-0.2, 0) is 0 Å². The largest absolute Gasteiger partial charge is 0.340 e. The lowest BCUT2D eigenvalue weighted by Crippen LogP contribution is -2.51. The molecule has 0 aromatic carbocycles. The summed E-state index contributed by atoms with van der Waals surface area (Å²) in [7, 11) is 0. The Balaban J connectivity index is 1.41. The zero-order chi connectivity index (χ0) is 16.4. The molecule has 126 valence electrons. The molecule has 0 aliphatic carbocycles. The van der Waals surface area contributed by atoms with Gasteiger partial charge in [-0.3, -0.25) is 4.79 Å². The first-order valence-electron chi connectivity index (χ1n) is 8.45. The highest BCUT2D eigenvalue weighted by atomic mass is 32.1. The Morgan fingerprint density at radius 1 is 1.08 bits per heavy atom. The van der Waals surface area contributed by atoms with Gasteiger partial charge in [0.1, 0.15) is 5.69 Å². The first kappa shape index (κ1) is 15.5. The topological polar surface area (TPSA) is 62.2 Å². The highest BCUT2D eigenvalue weighted by Gasteiger charge is 2.40. The van der Waals surface area contributed by atoms with Gasteiger partial charge in [0.15, 0.2) is 0 Å². The molecule has 2 aliphatic heterocycles. The van der Waals surface area contributed by atoms with Gasteiger partial charge in [-0.2, -0.15) is 0 Å². The summed E-state index contributed by atoms with van der Waals surface area (Å²) in [5.41, 5.74) is 2.59. The van der Waals surface area contributed by atoms with Crippen LogP contribution in [0, 0.1) is 5.41 Å². The average molecular weight is 343 g/mol. The molecule has 2 fully saturated rings. The molecule has 0 atom stereocenters. The smallest absolute Gasteiger partial charge is 0.273 e. The zero-order valence-corrected chi connectivity index (χ0v) is 14.4. The van der Waals surface area contributed by atoms with Crippen LogP contribution >= 0.6 is 11.3 Å². The number of aromatic nitrogens is 3. The molecule has 0 N–H and O–H groups in total. The lowest BCUT2D eigenvalue weighted by molar-refractivity contribution is 0.0535. The molecule has 6 nitrogen and oxygen atoms in total. The molecule has 2 aromatic heterocycles. The molecule has 1 amide bonds. The van der Waals surface area contributed by atoms with Gasteiger partial charge in [-0.25, -0.2) is 15.0 Å². The molecule has 7 heteroatoms. The highest BCUT2D eigenvalue weighted by Crippen LogP contribution is 2.40. The second-order valence-corrected chi connectivity index (χ2v) is 7.46. The number of rotatable bonds is 2. The van der Waals surface area contributed by atoms with Crippen LogP contribution in [0.1, 0.15) is 36.2 Å². The van der Waals surface area contributed by atoms with Crippen LogP contribution in [0.2, 0.25) is 0 Å². The molecule has 2 saturated heterocycles. The van der Waals surface area contributed by atoms with E-state index < -0.39 is 0 Å². The van der Waals surface area contributed by atoms with Crippen molar-refractivity contribution in [1.82, 2.24) is 19.9 Å². The molecule has 2 aliphatic rings. The molecule has 24 heavy (non-hydrogen) atoms. The summed E-state index contributed by atoms with van der Waals surface area (Å²) in [4.78, 5) is 29.7. The SMILES string of the molecule is O=C(c1cscn1)N1CCC2(CCCN(c3ncccn3)C2)CC1. The van der Waals surface area contributed by atoms with E-state index >= 15 is 0 Å². The van der Waals surface area contributed by atoms with Gasteiger partial charge in [0.25, 0.3) is 5.91 Å². The summed E-state index contributed by atoms with van der Waals surface area (Å²) in [6, 6.07) is 1.85. The average Bonchev–Trinajstić information content (AvgIpc) is 3.17. The van der Waals surface area contributed by atoms with Crippen molar-refractivity contribution in [3.05, 3.63) is 35.0 Å². The molecule has 0 saturated carbocycles. The van der Waals surface area contributed by atoms with Gasteiger partial charge in [0, 0.05) is 44.0 Å². The van der Waals surface area contributed by atoms with E-state index in [1.54, 1.807) is 17.9 Å². The van der Waals surface area contributed by atoms with Crippen LogP contribution in [0.15, 0.2) is 29.4 Å². The number of likely N-dealkylation sites (tertiary alicyclic amines) is 1. The van der Waals surface area contributed by atoms with Crippen molar-refractivity contribution >= 4 is 23.2 Å². The number of hydrogen-bond donors (Lipinski definition) is 0. The maximum Gasteiger partial charge on any atom is 0.273 e. The van der Waals surface area contributed by atoms with Crippen LogP contribution < -0.4 is 4.90 Å². The van der Waals surface area contributed by atoms with E-state index in [1.807, 2.05) is 16.3 Å². The highest BCUT2D eigenvalue weighted by molar-refractivity contribution is 7.07. The molecular formula is C17H21N5OS. The number of amides is 1. The Morgan fingerprint density at radius 3 is 2.58 bits per heavy atom. The van der Waals surface area contributed by atoms with Gasteiger partial charge in [-0.05, 0) is 37.2 Å². The van der Waals surface area contributed by atoms with Crippen LogP contribution in [0.4, 0.5) is 5.95 Å². The van der Waals surface area contributed by atoms with E-state index in [9.17, 15) is 4.79 Å². The Morgan fingerprint density at radius 2 is 1.88 bits per heavy atom. The Hall–Kier alpha value is -2.02. The number of carbonyl (C=O) groups is 1. The van der Waals surface area contributed by atoms with E-state index in [-0.39, 0.29) is 11.3 Å². The first-order chi connectivity index (χ1) is 11.8. The fraction of sp³-hybridized carbons (Fsp3) is 0.529. The van der Waals surface area contributed by atoms with Gasteiger partial charge >= 0.3 is 0 Å². The van der Waals surface area contributed by atoms with Gasteiger partial charge in [0.2, 0.25) is 5.95 Å². The van der Waals surface area contributed by atoms with Crippen molar-refractivity contribution < 1.29 is 4.79 Å². The third-order valence-electron chi connectivity index (χ3n) is 5.26. The van der Waals surface area contributed by atoms with Crippen LogP contribution in [0.5, 0.6) is 0 Å². The molecule has 0 unspecified atom stereocenters. The molecule has 2 aromatic rings. The number of piperidine rings is 2. The van der Waals surface area contributed by atoms with Gasteiger partial charge in [0.05, 0.1) is 5.51 Å². The summed E-state index contributed by atoms with van der Waals surface area (Å²) in [5.74, 6) is 0.905. The van der Waals surface area contributed by atoms with Gasteiger partial charge in [-0.1, -0.05) is 0 Å². The lowest BCUT2D eigenvalue weighted by atomic mass is 9.72. The second kappa shape index (κ2) is 6.47. The van der Waals surface area contributed by atoms with Crippen LogP contribution in [-0.4, -0.2) is 51.9 Å². The third kappa shape index (κ3) is 3.00. The van der Waals surface area contributed by atoms with Crippen molar-refractivity contribution in [3.63, 3.8) is 0 Å². The number of anilines is 1. The summed E-state index contributed by atoms with van der Waals surface area (Å²) in [6.07, 6.45) is 8.10. The maximum absolute atomic E-state index is 12.5. The molecule has 0 radical (unpaired) electrons. The normalized spacial score (nSPS) is 20.3. The van der Waals surface area contributed by atoms with Crippen LogP contribution in [0.25, 0.3) is 0 Å². The zero-order valence-electron chi connectivity index (χ0n) is 13.6. The van der Waals surface area contributed by atoms with Gasteiger partial charge < -0.3 is 9.80 Å². The maximum atomic E-state index is 12.5. The Kier molecular flexibility index (Phi) is 4.18. The van der Waals surface area contributed by atoms with Crippen molar-refractivity contribution in [2.75, 3.05) is 31.1 Å². The standard InChI is InChI=1S/C17H21N5OS/c23-15(14-11-24-13-20-14)21-9-4-17(5-10-21)3-1-8-22(12-17)16-18-6-2-7-19-16/h2,6-7,11,13H,1,3-5,8-10,12H2. The van der Waals surface area contributed by atoms with Crippen molar-refractivity contribution in [2.45, 2.75) is 25.7 Å². The van der Waals surface area contributed by atoms with Crippen molar-refractivity contribution in [3.8, 4) is 0 Å². The fourth-order valence-electron chi connectivity index (χ4n) is 3.91. The minimum Gasteiger partial charge on any atom is -0.340 e. The Bertz CT molecular complexity index is 682. The van der Waals surface area contributed by atoms with Crippen LogP contribution in [0.3, 0.4) is 0 Å². The van der Waals surface area contributed by atoms with E-state index in [2.05, 4.69) is 19.9 Å². The van der Waals surface area contributed by atoms with E-state index in [0.29, 0.717) is 5.69 Å². The number of carbonyl (C=O) groups excluding carboxylic acids is 1. The van der Waals surface area contributed by atoms with Gasteiger partial charge in [-0.15, -0.1) is 11.3 Å². The molecule has 1 spiro atoms. The summed E-state index contributed by atoms with van der Waals surface area (Å²) in [6.45, 7) is 3.66. The quantitative estimate of drug-likeness (QED) is 0.838. The fourth-order valence-corrected chi connectivity index (χ4v) is 4.43. The van der Waals surface area contributed by atoms with E-state index in [4.69, 9.17) is 0 Å². The number of thiazole rings is 1. The number of hydrogen-bond acceptors (Lipinski definition) is 6. The summed E-state index contributed by atoms with van der Waals surface area (Å²) < 4.78 is 0. The Labute approximate surface area is 145 Å². The molecule has 0 bridgehead atoms. The minimum atomic E-state index is 0.0742. The first-order valence-corrected chi connectivity index (χ1v) is 9.40. The molecule has 4 heterocycles. The second-order valence-electron chi connectivity index (χ2n) is 6.74. The van der Waals surface area contributed by atoms with E-state index in [1.165, 1.54) is 17.8 Å². The lowest BCUT2D eigenvalue weighted by Gasteiger charge is -2.47. The molecule has 4 rings (SSSR count). The van der Waals surface area contributed by atoms with Crippen molar-refractivity contribution in [2.24, 2.45) is 5.41 Å². The predicted molar refractivity (Wildman–Crippen MR) is 93.2 cm³/mol. The summed E-state index contributed by atoms with van der Waals surface area (Å²) in [5, 5.41) is 1.84. The van der Waals surface area contributed by atoms with E-state index in [0.717, 1.165) is 51.4 Å². The number of nitrogens with zero attached hydrogens (tertiary/aromatic N) is 5. The predicted octanol–water partition coefficient (Wildman–Crippen LogP) is 2.46. The molecular weight excluding hydrogens is 322 g/mol. The minimum absolute atomic E-state index is 0.0742. The third-order valence-corrected chi connectivity index (χ3v) is 5.85. The monoisotopic (exact) mass is 343 g/mol. The van der Waals surface area contributed by atoms with Crippen molar-refractivity contribution in [1.29, 1.82) is 0 Å².